The highest BCUT2D eigenvalue weighted by molar-refractivity contribution is 7.10. The topological polar surface area (TPSA) is 42.9 Å². The van der Waals surface area contributed by atoms with Gasteiger partial charge in [-0.2, -0.15) is 0 Å². The smallest absolute Gasteiger partial charge is 0.171 e. The van der Waals surface area contributed by atoms with Crippen molar-refractivity contribution in [2.24, 2.45) is 0 Å². The largest absolute Gasteiger partial charge is 0.294 e. The van der Waals surface area contributed by atoms with Gasteiger partial charge >= 0.3 is 0 Å². The van der Waals surface area contributed by atoms with Gasteiger partial charge in [0.05, 0.1) is 12.1 Å². The molecule has 0 aliphatic heterocycles. The SMILES string of the molecule is Cc1cncc(C(=O)Cc2nc(-c3ccccc3)cs2)c1. The van der Waals surface area contributed by atoms with Crippen LogP contribution in [0.5, 0.6) is 0 Å². The zero-order chi connectivity index (χ0) is 14.7. The zero-order valence-corrected chi connectivity index (χ0v) is 12.4. The zero-order valence-electron chi connectivity index (χ0n) is 11.6. The maximum Gasteiger partial charge on any atom is 0.171 e. The van der Waals surface area contributed by atoms with Crippen LogP contribution in [0.25, 0.3) is 11.3 Å². The minimum Gasteiger partial charge on any atom is -0.294 e. The number of hydrogen-bond donors (Lipinski definition) is 0. The first kappa shape index (κ1) is 13.6. The number of pyridine rings is 1. The Morgan fingerprint density at radius 1 is 1.19 bits per heavy atom. The molecule has 0 spiro atoms. The number of carbonyl (C=O) groups is 1. The molecule has 104 valence electrons. The van der Waals surface area contributed by atoms with Gasteiger partial charge < -0.3 is 0 Å². The predicted octanol–water partition coefficient (Wildman–Crippen LogP) is 3.94. The second kappa shape index (κ2) is 5.97. The molecular formula is C17H14N2OS. The summed E-state index contributed by atoms with van der Waals surface area (Å²) in [6.45, 7) is 1.93. The van der Waals surface area contributed by atoms with E-state index in [0.717, 1.165) is 21.8 Å². The highest BCUT2D eigenvalue weighted by Crippen LogP contribution is 2.22. The van der Waals surface area contributed by atoms with Crippen molar-refractivity contribution < 1.29 is 4.79 Å². The number of nitrogens with zero attached hydrogens (tertiary/aromatic N) is 2. The molecule has 2 aromatic heterocycles. The van der Waals surface area contributed by atoms with Crippen LogP contribution in [-0.4, -0.2) is 15.8 Å². The Morgan fingerprint density at radius 3 is 2.76 bits per heavy atom. The fourth-order valence-electron chi connectivity index (χ4n) is 2.08. The predicted molar refractivity (Wildman–Crippen MR) is 84.6 cm³/mol. The first-order chi connectivity index (χ1) is 10.2. The van der Waals surface area contributed by atoms with Crippen LogP contribution in [0.1, 0.15) is 20.9 Å². The van der Waals surface area contributed by atoms with E-state index >= 15 is 0 Å². The van der Waals surface area contributed by atoms with Crippen LogP contribution in [0.4, 0.5) is 0 Å². The van der Waals surface area contributed by atoms with E-state index in [1.807, 2.05) is 48.7 Å². The molecule has 0 aliphatic rings. The lowest BCUT2D eigenvalue weighted by atomic mass is 10.1. The molecule has 4 heteroatoms. The van der Waals surface area contributed by atoms with Crippen molar-refractivity contribution in [1.29, 1.82) is 0 Å². The second-order valence-corrected chi connectivity index (χ2v) is 5.79. The molecule has 0 radical (unpaired) electrons. The van der Waals surface area contributed by atoms with Gasteiger partial charge in [-0.05, 0) is 18.6 Å². The molecule has 0 N–H and O–H groups in total. The third-order valence-electron chi connectivity index (χ3n) is 3.13. The van der Waals surface area contributed by atoms with Gasteiger partial charge in [0.25, 0.3) is 0 Å². The molecule has 0 saturated carbocycles. The van der Waals surface area contributed by atoms with Gasteiger partial charge in [-0.25, -0.2) is 4.98 Å². The Labute approximate surface area is 127 Å². The third kappa shape index (κ3) is 3.23. The van der Waals surface area contributed by atoms with Gasteiger partial charge in [0, 0.05) is 28.9 Å². The first-order valence-corrected chi connectivity index (χ1v) is 7.55. The van der Waals surface area contributed by atoms with Crippen LogP contribution in [0.15, 0.2) is 54.2 Å². The molecular weight excluding hydrogens is 280 g/mol. The molecule has 0 bridgehead atoms. The molecule has 0 saturated heterocycles. The number of aryl methyl sites for hydroxylation is 1. The van der Waals surface area contributed by atoms with E-state index in [0.29, 0.717) is 12.0 Å². The Balaban J connectivity index is 1.77. The first-order valence-electron chi connectivity index (χ1n) is 6.67. The lowest BCUT2D eigenvalue weighted by Gasteiger charge is -1.99. The molecule has 0 fully saturated rings. The van der Waals surface area contributed by atoms with Crippen LogP contribution in [0, 0.1) is 6.92 Å². The normalized spacial score (nSPS) is 10.5. The standard InChI is InChI=1S/C17H14N2OS/c1-12-7-14(10-18-9-12)16(20)8-17-19-15(11-21-17)13-5-3-2-4-6-13/h2-7,9-11H,8H2,1H3. The molecule has 0 unspecified atom stereocenters. The molecule has 1 aromatic carbocycles. The van der Waals surface area contributed by atoms with E-state index in [9.17, 15) is 4.79 Å². The van der Waals surface area contributed by atoms with Crippen molar-refractivity contribution in [1.82, 2.24) is 9.97 Å². The van der Waals surface area contributed by atoms with E-state index in [-0.39, 0.29) is 5.78 Å². The Hall–Kier alpha value is -2.33. The number of rotatable bonds is 4. The van der Waals surface area contributed by atoms with Gasteiger partial charge in [-0.1, -0.05) is 30.3 Å². The van der Waals surface area contributed by atoms with E-state index in [2.05, 4.69) is 9.97 Å². The third-order valence-corrected chi connectivity index (χ3v) is 3.98. The van der Waals surface area contributed by atoms with Gasteiger partial charge in [0.2, 0.25) is 0 Å². The summed E-state index contributed by atoms with van der Waals surface area (Å²) in [7, 11) is 0. The number of thiazole rings is 1. The Bertz CT molecular complexity index is 765. The molecule has 0 amide bonds. The summed E-state index contributed by atoms with van der Waals surface area (Å²) in [5.41, 5.74) is 3.63. The van der Waals surface area contributed by atoms with E-state index < -0.39 is 0 Å². The minimum absolute atomic E-state index is 0.0557. The molecule has 3 nitrogen and oxygen atoms in total. The van der Waals surface area contributed by atoms with Gasteiger partial charge in [0.1, 0.15) is 5.01 Å². The van der Waals surface area contributed by atoms with Crippen molar-refractivity contribution in [3.05, 3.63) is 70.3 Å². The number of hydrogen-bond acceptors (Lipinski definition) is 4. The summed E-state index contributed by atoms with van der Waals surface area (Å²) in [4.78, 5) is 20.8. The number of aromatic nitrogens is 2. The maximum absolute atomic E-state index is 12.2. The van der Waals surface area contributed by atoms with Crippen LogP contribution < -0.4 is 0 Å². The van der Waals surface area contributed by atoms with Gasteiger partial charge in [0.15, 0.2) is 5.78 Å². The highest BCUT2D eigenvalue weighted by atomic mass is 32.1. The van der Waals surface area contributed by atoms with Gasteiger partial charge in [-0.15, -0.1) is 11.3 Å². The average molecular weight is 294 g/mol. The van der Waals surface area contributed by atoms with Crippen molar-refractivity contribution in [3.8, 4) is 11.3 Å². The van der Waals surface area contributed by atoms with Crippen molar-refractivity contribution in [2.45, 2.75) is 13.3 Å². The summed E-state index contributed by atoms with van der Waals surface area (Å²) < 4.78 is 0. The molecule has 0 atom stereocenters. The van der Waals surface area contributed by atoms with Crippen LogP contribution in [0.2, 0.25) is 0 Å². The van der Waals surface area contributed by atoms with Crippen LogP contribution in [0.3, 0.4) is 0 Å². The van der Waals surface area contributed by atoms with Gasteiger partial charge in [-0.3, -0.25) is 9.78 Å². The minimum atomic E-state index is 0.0557. The molecule has 3 aromatic rings. The summed E-state index contributed by atoms with van der Waals surface area (Å²) in [6, 6.07) is 11.8. The molecule has 21 heavy (non-hydrogen) atoms. The van der Waals surface area contributed by atoms with Crippen molar-refractivity contribution >= 4 is 17.1 Å². The van der Waals surface area contributed by atoms with E-state index in [1.54, 1.807) is 12.4 Å². The number of carbonyl (C=O) groups excluding carboxylic acids is 1. The number of Topliss-reactive ketones (excluding diaryl/α,β-unsaturated/α-hetero) is 1. The lowest BCUT2D eigenvalue weighted by molar-refractivity contribution is 0.0992. The maximum atomic E-state index is 12.2. The number of benzene rings is 1. The second-order valence-electron chi connectivity index (χ2n) is 4.84. The van der Waals surface area contributed by atoms with Crippen molar-refractivity contribution in [2.75, 3.05) is 0 Å². The van der Waals surface area contributed by atoms with E-state index in [1.165, 1.54) is 11.3 Å². The monoisotopic (exact) mass is 294 g/mol. The van der Waals surface area contributed by atoms with Crippen molar-refractivity contribution in [3.63, 3.8) is 0 Å². The van der Waals surface area contributed by atoms with Crippen LogP contribution >= 0.6 is 11.3 Å². The van der Waals surface area contributed by atoms with Crippen LogP contribution in [-0.2, 0) is 6.42 Å². The average Bonchev–Trinajstić information content (AvgIpc) is 2.97. The molecule has 0 aliphatic carbocycles. The molecule has 2 heterocycles. The summed E-state index contributed by atoms with van der Waals surface area (Å²) in [5, 5.41) is 2.83. The number of ketones is 1. The summed E-state index contributed by atoms with van der Waals surface area (Å²) >= 11 is 1.52. The quantitative estimate of drug-likeness (QED) is 0.684. The fraction of sp³-hybridized carbons (Fsp3) is 0.118. The fourth-order valence-corrected chi connectivity index (χ4v) is 2.88. The van der Waals surface area contributed by atoms with E-state index in [4.69, 9.17) is 0 Å². The Kier molecular flexibility index (Phi) is 3.88. The summed E-state index contributed by atoms with van der Waals surface area (Å²) in [5.74, 6) is 0.0557. The lowest BCUT2D eigenvalue weighted by Crippen LogP contribution is -2.04. The highest BCUT2D eigenvalue weighted by Gasteiger charge is 2.11. The molecule has 3 rings (SSSR count). The Morgan fingerprint density at radius 2 is 2.00 bits per heavy atom. The summed E-state index contributed by atoms with van der Waals surface area (Å²) in [6.07, 6.45) is 3.68.